The van der Waals surface area contributed by atoms with Crippen molar-refractivity contribution in [3.8, 4) is 0 Å². The van der Waals surface area contributed by atoms with Gasteiger partial charge in [-0.25, -0.2) is 4.98 Å². The number of likely N-dealkylation sites (N-methyl/N-ethyl adjacent to an activating group) is 2. The zero-order valence-corrected chi connectivity index (χ0v) is 12.9. The second-order valence-electron chi connectivity index (χ2n) is 5.66. The monoisotopic (exact) mass is 289 g/mol. The number of hydrogen-bond acceptors (Lipinski definition) is 6. The van der Waals surface area contributed by atoms with Gasteiger partial charge < -0.3 is 20.1 Å². The van der Waals surface area contributed by atoms with E-state index in [2.05, 4.69) is 49.1 Å². The molecule has 1 aliphatic rings. The van der Waals surface area contributed by atoms with Gasteiger partial charge in [-0.1, -0.05) is 0 Å². The average molecular weight is 289 g/mol. The van der Waals surface area contributed by atoms with Crippen LogP contribution in [0, 0.1) is 0 Å². The molecule has 0 radical (unpaired) electrons. The van der Waals surface area contributed by atoms with Crippen LogP contribution < -0.4 is 10.2 Å². The molecule has 0 spiro atoms. The summed E-state index contributed by atoms with van der Waals surface area (Å²) in [5.74, 6) is 1.55. The lowest BCUT2D eigenvalue weighted by Gasteiger charge is -2.26. The molecule has 1 atom stereocenters. The minimum Gasteiger partial charge on any atom is -0.356 e. The van der Waals surface area contributed by atoms with Crippen LogP contribution >= 0.6 is 0 Å². The van der Waals surface area contributed by atoms with Gasteiger partial charge >= 0.3 is 0 Å². The molecule has 114 valence electrons. The molecule has 3 heterocycles. The van der Waals surface area contributed by atoms with Crippen molar-refractivity contribution in [3.05, 3.63) is 6.33 Å². The molecule has 0 saturated carbocycles. The van der Waals surface area contributed by atoms with Crippen LogP contribution in [0.5, 0.6) is 0 Å². The minimum absolute atomic E-state index is 0.588. The lowest BCUT2D eigenvalue weighted by molar-refractivity contribution is 0.314. The van der Waals surface area contributed by atoms with Crippen molar-refractivity contribution < 1.29 is 0 Å². The molecule has 7 nitrogen and oxygen atoms in total. The molecule has 0 bridgehead atoms. The van der Waals surface area contributed by atoms with Crippen LogP contribution in [0.25, 0.3) is 11.2 Å². The molecule has 1 fully saturated rings. The van der Waals surface area contributed by atoms with Gasteiger partial charge in [-0.2, -0.15) is 9.97 Å². The van der Waals surface area contributed by atoms with E-state index in [9.17, 15) is 0 Å². The van der Waals surface area contributed by atoms with Crippen LogP contribution in [-0.2, 0) is 0 Å². The first-order chi connectivity index (χ1) is 10.2. The van der Waals surface area contributed by atoms with Crippen molar-refractivity contribution in [2.75, 3.05) is 43.9 Å². The molecule has 7 heteroatoms. The van der Waals surface area contributed by atoms with Gasteiger partial charge in [-0.15, -0.1) is 0 Å². The van der Waals surface area contributed by atoms with Crippen LogP contribution in [0.3, 0.4) is 0 Å². The lowest BCUT2D eigenvalue weighted by Crippen LogP contribution is -2.37. The van der Waals surface area contributed by atoms with E-state index in [0.717, 1.165) is 24.4 Å². The first-order valence-electron chi connectivity index (χ1n) is 7.55. The van der Waals surface area contributed by atoms with Crippen molar-refractivity contribution in [1.29, 1.82) is 0 Å². The van der Waals surface area contributed by atoms with Gasteiger partial charge in [-0.05, 0) is 33.4 Å². The Morgan fingerprint density at radius 2 is 2.33 bits per heavy atom. The number of rotatable bonds is 5. The highest BCUT2D eigenvalue weighted by atomic mass is 15.3. The number of hydrogen-bond donors (Lipinski definition) is 2. The summed E-state index contributed by atoms with van der Waals surface area (Å²) in [4.78, 5) is 21.1. The molecule has 0 amide bonds. The molecule has 21 heavy (non-hydrogen) atoms. The molecule has 2 aromatic rings. The number of fused-ring (bicyclic) bond motifs is 1. The topological polar surface area (TPSA) is 73.0 Å². The quantitative estimate of drug-likeness (QED) is 0.865. The molecule has 1 saturated heterocycles. The standard InChI is InChI=1S/C14H23N7/c1-4-15-14-18-12-11(16-9-17-12)13(19-14)21(3)8-10-6-5-7-20(10)2/h9-10H,4-8H2,1-3H3,(H2,15,16,17,18,19). The van der Waals surface area contributed by atoms with Gasteiger partial charge in [0.05, 0.1) is 6.33 Å². The molecule has 1 aliphatic heterocycles. The Bertz CT molecular complexity index is 608. The highest BCUT2D eigenvalue weighted by Crippen LogP contribution is 2.24. The summed E-state index contributed by atoms with van der Waals surface area (Å²) in [6.07, 6.45) is 4.20. The smallest absolute Gasteiger partial charge is 0.226 e. The molecule has 0 aliphatic carbocycles. The zero-order chi connectivity index (χ0) is 14.8. The molecular weight excluding hydrogens is 266 g/mol. The van der Waals surface area contributed by atoms with Crippen LogP contribution in [-0.4, -0.2) is 64.6 Å². The third kappa shape index (κ3) is 2.78. The van der Waals surface area contributed by atoms with Gasteiger partial charge in [0, 0.05) is 26.2 Å². The highest BCUT2D eigenvalue weighted by Gasteiger charge is 2.24. The van der Waals surface area contributed by atoms with Crippen molar-refractivity contribution in [2.45, 2.75) is 25.8 Å². The lowest BCUT2D eigenvalue weighted by atomic mass is 10.2. The van der Waals surface area contributed by atoms with E-state index in [1.807, 2.05) is 6.92 Å². The molecule has 0 aromatic carbocycles. The van der Waals surface area contributed by atoms with E-state index in [1.54, 1.807) is 6.33 Å². The molecule has 3 rings (SSSR count). The average Bonchev–Trinajstić information content (AvgIpc) is 3.08. The van der Waals surface area contributed by atoms with E-state index in [4.69, 9.17) is 0 Å². The van der Waals surface area contributed by atoms with Gasteiger partial charge in [0.1, 0.15) is 5.52 Å². The van der Waals surface area contributed by atoms with E-state index < -0.39 is 0 Å². The molecule has 2 N–H and O–H groups in total. The fourth-order valence-electron chi connectivity index (χ4n) is 2.94. The summed E-state index contributed by atoms with van der Waals surface area (Å²) in [7, 11) is 4.28. The van der Waals surface area contributed by atoms with Crippen molar-refractivity contribution in [3.63, 3.8) is 0 Å². The first kappa shape index (κ1) is 14.1. The molecular formula is C14H23N7. The van der Waals surface area contributed by atoms with E-state index in [1.165, 1.54) is 19.4 Å². The summed E-state index contributed by atoms with van der Waals surface area (Å²) in [5, 5.41) is 3.17. The van der Waals surface area contributed by atoms with Crippen molar-refractivity contribution in [1.82, 2.24) is 24.8 Å². The predicted molar refractivity (Wildman–Crippen MR) is 84.8 cm³/mol. The van der Waals surface area contributed by atoms with E-state index >= 15 is 0 Å². The second kappa shape index (κ2) is 5.85. The SMILES string of the molecule is CCNc1nc(N(C)CC2CCCN2C)c2[nH]cnc2n1. The van der Waals surface area contributed by atoms with Gasteiger partial charge in [0.2, 0.25) is 5.95 Å². The number of likely N-dealkylation sites (tertiary alicyclic amines) is 1. The first-order valence-corrected chi connectivity index (χ1v) is 7.55. The minimum atomic E-state index is 0.588. The Kier molecular flexibility index (Phi) is 3.92. The maximum atomic E-state index is 4.64. The van der Waals surface area contributed by atoms with E-state index in [0.29, 0.717) is 17.6 Å². The predicted octanol–water partition coefficient (Wildman–Crippen LogP) is 1.32. The Hall–Kier alpha value is -1.89. The van der Waals surface area contributed by atoms with Gasteiger partial charge in [0.25, 0.3) is 0 Å². The molecule has 2 aromatic heterocycles. The Morgan fingerprint density at radius 1 is 1.48 bits per heavy atom. The van der Waals surface area contributed by atoms with Gasteiger partial charge in [-0.3, -0.25) is 0 Å². The fourth-order valence-corrected chi connectivity index (χ4v) is 2.94. The maximum Gasteiger partial charge on any atom is 0.226 e. The normalized spacial score (nSPS) is 19.3. The number of H-pyrrole nitrogens is 1. The Balaban J connectivity index is 1.88. The van der Waals surface area contributed by atoms with Crippen LogP contribution in [0.1, 0.15) is 19.8 Å². The molecule has 1 unspecified atom stereocenters. The summed E-state index contributed by atoms with van der Waals surface area (Å²) >= 11 is 0. The number of anilines is 2. The number of aromatic nitrogens is 4. The third-order valence-corrected chi connectivity index (χ3v) is 4.12. The summed E-state index contributed by atoms with van der Waals surface area (Å²) in [6.45, 7) is 4.98. The van der Waals surface area contributed by atoms with Crippen molar-refractivity contribution >= 4 is 22.9 Å². The summed E-state index contributed by atoms with van der Waals surface area (Å²) < 4.78 is 0. The Morgan fingerprint density at radius 3 is 3.05 bits per heavy atom. The van der Waals surface area contributed by atoms with E-state index in [-0.39, 0.29) is 0 Å². The summed E-state index contributed by atoms with van der Waals surface area (Å²) in [6, 6.07) is 0.588. The Labute approximate surface area is 124 Å². The van der Waals surface area contributed by atoms with Gasteiger partial charge in [0.15, 0.2) is 11.5 Å². The fraction of sp³-hybridized carbons (Fsp3) is 0.643. The number of nitrogens with zero attached hydrogens (tertiary/aromatic N) is 5. The van der Waals surface area contributed by atoms with Crippen LogP contribution in [0.4, 0.5) is 11.8 Å². The van der Waals surface area contributed by atoms with Crippen LogP contribution in [0.2, 0.25) is 0 Å². The number of imidazole rings is 1. The number of nitrogens with one attached hydrogen (secondary N) is 2. The third-order valence-electron chi connectivity index (χ3n) is 4.12. The zero-order valence-electron chi connectivity index (χ0n) is 12.9. The second-order valence-corrected chi connectivity index (χ2v) is 5.66. The number of aromatic amines is 1. The largest absolute Gasteiger partial charge is 0.356 e. The maximum absolute atomic E-state index is 4.64. The van der Waals surface area contributed by atoms with Crippen molar-refractivity contribution in [2.24, 2.45) is 0 Å². The van der Waals surface area contributed by atoms with Crippen LogP contribution in [0.15, 0.2) is 6.33 Å². The highest BCUT2D eigenvalue weighted by molar-refractivity contribution is 5.84. The summed E-state index contributed by atoms with van der Waals surface area (Å²) in [5.41, 5.74) is 1.61.